The van der Waals surface area contributed by atoms with Crippen LogP contribution in [-0.4, -0.2) is 85.4 Å². The minimum Gasteiger partial charge on any atom is -0.342 e. The smallest absolute Gasteiger partial charge is 0.236 e. The van der Waals surface area contributed by atoms with Gasteiger partial charge in [-0.25, -0.2) is 0 Å². The Bertz CT molecular complexity index is 518. The Balaban J connectivity index is 0.00000196. The first-order valence-corrected chi connectivity index (χ1v) is 10.6. The lowest BCUT2D eigenvalue weighted by atomic mass is 9.67. The molecule has 28 heavy (non-hydrogen) atoms. The number of nitrogens with zero attached hydrogens (tertiary/aromatic N) is 3. The zero-order valence-corrected chi connectivity index (χ0v) is 19.1. The number of carbonyl (C=O) groups is 2. The number of halogens is 2. The van der Waals surface area contributed by atoms with Crippen LogP contribution in [0.4, 0.5) is 0 Å². The third kappa shape index (κ3) is 5.32. The Morgan fingerprint density at radius 2 is 1.79 bits per heavy atom. The molecule has 2 amide bonds. The molecule has 0 radical (unpaired) electrons. The lowest BCUT2D eigenvalue weighted by molar-refractivity contribution is -0.145. The van der Waals surface area contributed by atoms with Gasteiger partial charge in [-0.1, -0.05) is 12.8 Å². The van der Waals surface area contributed by atoms with Crippen LogP contribution >= 0.6 is 24.8 Å². The van der Waals surface area contributed by atoms with Crippen molar-refractivity contribution in [3.05, 3.63) is 0 Å². The molecule has 1 aliphatic carbocycles. The maximum atomic E-state index is 13.4. The highest BCUT2D eigenvalue weighted by atomic mass is 35.5. The molecule has 2 aliphatic heterocycles. The minimum absolute atomic E-state index is 0. The molecule has 0 aromatic heterocycles. The van der Waals surface area contributed by atoms with Gasteiger partial charge in [0.15, 0.2) is 0 Å². The molecule has 2 heterocycles. The van der Waals surface area contributed by atoms with Crippen molar-refractivity contribution >= 4 is 36.6 Å². The van der Waals surface area contributed by atoms with Crippen molar-refractivity contribution in [1.29, 1.82) is 0 Å². The molecule has 0 spiro atoms. The Hall–Kier alpha value is -0.560. The lowest BCUT2D eigenvalue weighted by Gasteiger charge is -2.40. The SMILES string of the molecule is CCN(CC)C(=O)CN1CCCN(C(=O)[C@@]23CCCC[C@H]2CNC3)CC1.Cl.Cl. The molecule has 1 N–H and O–H groups in total. The van der Waals surface area contributed by atoms with Gasteiger partial charge in [0.1, 0.15) is 0 Å². The fourth-order valence-corrected chi connectivity index (χ4v) is 5.18. The van der Waals surface area contributed by atoms with E-state index in [1.54, 1.807) is 0 Å². The number of hydrogen-bond donors (Lipinski definition) is 1. The maximum Gasteiger partial charge on any atom is 0.236 e. The zero-order chi connectivity index (χ0) is 18.6. The van der Waals surface area contributed by atoms with Crippen molar-refractivity contribution < 1.29 is 9.59 Å². The van der Waals surface area contributed by atoms with Gasteiger partial charge < -0.3 is 15.1 Å². The Labute approximate surface area is 182 Å². The standard InChI is InChI=1S/C20H36N4O2.2ClH/c1-3-23(4-2)18(25)15-22-10-7-11-24(13-12-22)19(26)20-9-6-5-8-17(20)14-21-16-20;;/h17,21H,3-16H2,1-2H3;2*1H/t17-,20+;;/m0../s1. The first-order valence-electron chi connectivity index (χ1n) is 10.6. The average molecular weight is 437 g/mol. The second kappa shape index (κ2) is 11.6. The highest BCUT2D eigenvalue weighted by molar-refractivity contribution is 5.86. The lowest BCUT2D eigenvalue weighted by Crippen LogP contribution is -2.50. The molecular weight excluding hydrogens is 399 g/mol. The molecule has 0 unspecified atom stereocenters. The molecule has 1 saturated carbocycles. The van der Waals surface area contributed by atoms with Crippen LogP contribution in [0.2, 0.25) is 0 Å². The summed E-state index contributed by atoms with van der Waals surface area (Å²) < 4.78 is 0. The highest BCUT2D eigenvalue weighted by Gasteiger charge is 2.51. The molecule has 8 heteroatoms. The summed E-state index contributed by atoms with van der Waals surface area (Å²) in [7, 11) is 0. The van der Waals surface area contributed by atoms with Crippen molar-refractivity contribution in [2.45, 2.75) is 46.0 Å². The summed E-state index contributed by atoms with van der Waals surface area (Å²) in [5.41, 5.74) is -0.148. The van der Waals surface area contributed by atoms with Gasteiger partial charge in [0.25, 0.3) is 0 Å². The highest BCUT2D eigenvalue weighted by Crippen LogP contribution is 2.45. The zero-order valence-electron chi connectivity index (χ0n) is 17.5. The quantitative estimate of drug-likeness (QED) is 0.715. The van der Waals surface area contributed by atoms with Crippen LogP contribution in [0.25, 0.3) is 0 Å². The molecule has 0 aromatic rings. The fraction of sp³-hybridized carbons (Fsp3) is 0.900. The number of carbonyl (C=O) groups excluding carboxylic acids is 2. The predicted molar refractivity (Wildman–Crippen MR) is 117 cm³/mol. The van der Waals surface area contributed by atoms with Gasteiger partial charge in [0, 0.05) is 45.8 Å². The van der Waals surface area contributed by atoms with Gasteiger partial charge in [0.05, 0.1) is 12.0 Å². The number of fused-ring (bicyclic) bond motifs is 1. The molecular formula is C20H38Cl2N4O2. The maximum absolute atomic E-state index is 13.4. The van der Waals surface area contributed by atoms with Crippen molar-refractivity contribution in [3.8, 4) is 0 Å². The van der Waals surface area contributed by atoms with E-state index in [1.807, 2.05) is 18.7 Å². The molecule has 164 valence electrons. The largest absolute Gasteiger partial charge is 0.342 e. The van der Waals surface area contributed by atoms with E-state index in [1.165, 1.54) is 19.3 Å². The summed E-state index contributed by atoms with van der Waals surface area (Å²) in [6.45, 7) is 11.3. The summed E-state index contributed by atoms with van der Waals surface area (Å²) in [6.07, 6.45) is 5.65. The van der Waals surface area contributed by atoms with Crippen LogP contribution < -0.4 is 5.32 Å². The van der Waals surface area contributed by atoms with Gasteiger partial charge in [-0.05, 0) is 45.6 Å². The molecule has 6 nitrogen and oxygen atoms in total. The predicted octanol–water partition coefficient (Wildman–Crippen LogP) is 2.01. The van der Waals surface area contributed by atoms with Crippen LogP contribution in [0.15, 0.2) is 0 Å². The van der Waals surface area contributed by atoms with Gasteiger partial charge in [-0.15, -0.1) is 24.8 Å². The second-order valence-corrected chi connectivity index (χ2v) is 8.22. The number of likely N-dealkylation sites (N-methyl/N-ethyl adjacent to an activating group) is 1. The Kier molecular flexibility index (Phi) is 10.5. The van der Waals surface area contributed by atoms with E-state index in [0.29, 0.717) is 18.4 Å². The normalized spacial score (nSPS) is 27.8. The number of nitrogens with one attached hydrogen (secondary N) is 1. The number of amides is 2. The molecule has 3 aliphatic rings. The third-order valence-electron chi connectivity index (χ3n) is 6.81. The summed E-state index contributed by atoms with van der Waals surface area (Å²) in [4.78, 5) is 32.1. The van der Waals surface area contributed by atoms with Gasteiger partial charge >= 0.3 is 0 Å². The molecule has 0 aromatic carbocycles. The third-order valence-corrected chi connectivity index (χ3v) is 6.81. The van der Waals surface area contributed by atoms with Crippen molar-refractivity contribution in [3.63, 3.8) is 0 Å². The van der Waals surface area contributed by atoms with E-state index < -0.39 is 0 Å². The van der Waals surface area contributed by atoms with Crippen LogP contribution in [0.3, 0.4) is 0 Å². The first kappa shape index (κ1) is 25.5. The first-order chi connectivity index (χ1) is 12.6. The Morgan fingerprint density at radius 1 is 1.04 bits per heavy atom. The molecule has 3 rings (SSSR count). The van der Waals surface area contributed by atoms with Gasteiger partial charge in [-0.3, -0.25) is 14.5 Å². The number of rotatable bonds is 5. The monoisotopic (exact) mass is 436 g/mol. The van der Waals surface area contributed by atoms with E-state index in [9.17, 15) is 9.59 Å². The number of hydrogen-bond acceptors (Lipinski definition) is 4. The fourth-order valence-electron chi connectivity index (χ4n) is 5.18. The summed E-state index contributed by atoms with van der Waals surface area (Å²) in [5.74, 6) is 1.11. The van der Waals surface area contributed by atoms with E-state index in [-0.39, 0.29) is 36.1 Å². The molecule has 2 saturated heterocycles. The second-order valence-electron chi connectivity index (χ2n) is 8.22. The van der Waals surface area contributed by atoms with Crippen LogP contribution in [0.5, 0.6) is 0 Å². The van der Waals surface area contributed by atoms with Crippen LogP contribution in [0.1, 0.15) is 46.0 Å². The van der Waals surface area contributed by atoms with Gasteiger partial charge in [-0.2, -0.15) is 0 Å². The van der Waals surface area contributed by atoms with Gasteiger partial charge in [0.2, 0.25) is 11.8 Å². The average Bonchev–Trinajstić information content (AvgIpc) is 2.97. The van der Waals surface area contributed by atoms with Crippen LogP contribution in [-0.2, 0) is 9.59 Å². The van der Waals surface area contributed by atoms with Crippen molar-refractivity contribution in [2.24, 2.45) is 11.3 Å². The molecule has 2 atom stereocenters. The molecule has 3 fully saturated rings. The Morgan fingerprint density at radius 3 is 2.50 bits per heavy atom. The van der Waals surface area contributed by atoms with Crippen molar-refractivity contribution in [2.75, 3.05) is 58.9 Å². The summed E-state index contributed by atoms with van der Waals surface area (Å²) in [5, 5.41) is 3.49. The molecule has 0 bridgehead atoms. The van der Waals surface area contributed by atoms with Crippen LogP contribution in [0, 0.1) is 11.3 Å². The topological polar surface area (TPSA) is 55.9 Å². The summed E-state index contributed by atoms with van der Waals surface area (Å²) >= 11 is 0. The minimum atomic E-state index is -0.148. The van der Waals surface area contributed by atoms with E-state index >= 15 is 0 Å². The van der Waals surface area contributed by atoms with Crippen molar-refractivity contribution in [1.82, 2.24) is 20.0 Å². The van der Waals surface area contributed by atoms with E-state index in [0.717, 1.165) is 65.2 Å². The van der Waals surface area contributed by atoms with E-state index in [2.05, 4.69) is 15.1 Å². The summed E-state index contributed by atoms with van der Waals surface area (Å²) in [6, 6.07) is 0. The van der Waals surface area contributed by atoms with E-state index in [4.69, 9.17) is 0 Å².